The first-order valence-corrected chi connectivity index (χ1v) is 4.97. The molecule has 1 aliphatic rings. The third-order valence-corrected chi connectivity index (χ3v) is 2.64. The molecule has 0 amide bonds. The van der Waals surface area contributed by atoms with Gasteiger partial charge < -0.3 is 21.1 Å². The molecule has 4 nitrogen and oxygen atoms in total. The lowest BCUT2D eigenvalue weighted by Crippen LogP contribution is -2.46. The second-order valence-electron chi connectivity index (χ2n) is 3.78. The van der Waals surface area contributed by atoms with Crippen LogP contribution in [0.4, 0.5) is 0 Å². The van der Waals surface area contributed by atoms with Gasteiger partial charge in [0, 0.05) is 38.4 Å². The minimum atomic E-state index is 0.104. The van der Waals surface area contributed by atoms with Crippen LogP contribution in [0, 0.1) is 0 Å². The van der Waals surface area contributed by atoms with Crippen LogP contribution >= 0.6 is 0 Å². The Labute approximate surface area is 80.2 Å². The predicted molar refractivity (Wildman–Crippen MR) is 53.5 cm³/mol. The number of likely N-dealkylation sites (N-methyl/N-ethyl adjacent to an activating group) is 1. The average Bonchev–Trinajstić information content (AvgIpc) is 2.19. The fourth-order valence-corrected chi connectivity index (χ4v) is 1.72. The minimum Gasteiger partial charge on any atom is -0.381 e. The van der Waals surface area contributed by atoms with Crippen LogP contribution in [0.1, 0.15) is 12.8 Å². The van der Waals surface area contributed by atoms with Gasteiger partial charge in [-0.2, -0.15) is 0 Å². The van der Waals surface area contributed by atoms with E-state index in [-0.39, 0.29) is 6.04 Å². The van der Waals surface area contributed by atoms with Crippen LogP contribution in [0.3, 0.4) is 0 Å². The van der Waals surface area contributed by atoms with Crippen molar-refractivity contribution >= 4 is 0 Å². The zero-order valence-electron chi connectivity index (χ0n) is 8.41. The smallest absolute Gasteiger partial charge is 0.0480 e. The van der Waals surface area contributed by atoms with Crippen molar-refractivity contribution in [2.75, 3.05) is 33.4 Å². The molecule has 0 bridgehead atoms. The van der Waals surface area contributed by atoms with E-state index in [0.717, 1.165) is 32.6 Å². The third-order valence-electron chi connectivity index (χ3n) is 2.64. The van der Waals surface area contributed by atoms with E-state index >= 15 is 0 Å². The van der Waals surface area contributed by atoms with Crippen LogP contribution in [-0.2, 0) is 4.74 Å². The molecule has 0 radical (unpaired) electrons. The molecule has 78 valence electrons. The van der Waals surface area contributed by atoms with Gasteiger partial charge in [-0.3, -0.25) is 0 Å². The SMILES string of the molecule is CN(CC(N)CN)C1CCOCC1. The number of nitrogens with two attached hydrogens (primary N) is 2. The highest BCUT2D eigenvalue weighted by Gasteiger charge is 2.19. The Balaban J connectivity index is 2.24. The van der Waals surface area contributed by atoms with Crippen molar-refractivity contribution in [2.45, 2.75) is 24.9 Å². The van der Waals surface area contributed by atoms with Crippen molar-refractivity contribution in [3.8, 4) is 0 Å². The Bertz CT molecular complexity index is 137. The highest BCUT2D eigenvalue weighted by Crippen LogP contribution is 2.12. The van der Waals surface area contributed by atoms with Crippen molar-refractivity contribution in [3.63, 3.8) is 0 Å². The molecule has 0 aliphatic carbocycles. The first kappa shape index (κ1) is 10.9. The standard InChI is InChI=1S/C9H21N3O/c1-12(7-8(11)6-10)9-2-4-13-5-3-9/h8-9H,2-7,10-11H2,1H3. The van der Waals surface area contributed by atoms with Crippen molar-refractivity contribution in [2.24, 2.45) is 11.5 Å². The molecule has 13 heavy (non-hydrogen) atoms. The third kappa shape index (κ3) is 3.60. The van der Waals surface area contributed by atoms with Gasteiger partial charge in [0.2, 0.25) is 0 Å². The summed E-state index contributed by atoms with van der Waals surface area (Å²) in [4.78, 5) is 2.31. The van der Waals surface area contributed by atoms with E-state index in [1.807, 2.05) is 0 Å². The zero-order valence-corrected chi connectivity index (χ0v) is 8.41. The summed E-state index contributed by atoms with van der Waals surface area (Å²) in [7, 11) is 2.12. The number of hydrogen-bond donors (Lipinski definition) is 2. The largest absolute Gasteiger partial charge is 0.381 e. The van der Waals surface area contributed by atoms with Crippen molar-refractivity contribution in [3.05, 3.63) is 0 Å². The number of hydrogen-bond acceptors (Lipinski definition) is 4. The fourth-order valence-electron chi connectivity index (χ4n) is 1.72. The van der Waals surface area contributed by atoms with E-state index in [0.29, 0.717) is 12.6 Å². The Morgan fingerprint density at radius 3 is 2.62 bits per heavy atom. The normalized spacial score (nSPS) is 22.2. The van der Waals surface area contributed by atoms with Crippen LogP contribution in [0.5, 0.6) is 0 Å². The first-order valence-electron chi connectivity index (χ1n) is 4.97. The summed E-state index contributed by atoms with van der Waals surface area (Å²) in [5, 5.41) is 0. The Hall–Kier alpha value is -0.160. The molecule has 1 unspecified atom stereocenters. The molecule has 1 heterocycles. The summed E-state index contributed by atoms with van der Waals surface area (Å²) in [6.07, 6.45) is 2.24. The van der Waals surface area contributed by atoms with Gasteiger partial charge in [-0.25, -0.2) is 0 Å². The van der Waals surface area contributed by atoms with Crippen molar-refractivity contribution in [1.29, 1.82) is 0 Å². The molecule has 0 aromatic carbocycles. The second kappa shape index (κ2) is 5.54. The highest BCUT2D eigenvalue weighted by molar-refractivity contribution is 4.75. The molecule has 0 aromatic rings. The maximum absolute atomic E-state index is 5.78. The van der Waals surface area contributed by atoms with E-state index in [1.165, 1.54) is 0 Å². The molecule has 4 heteroatoms. The van der Waals surface area contributed by atoms with E-state index in [4.69, 9.17) is 16.2 Å². The van der Waals surface area contributed by atoms with Gasteiger partial charge in [0.15, 0.2) is 0 Å². The monoisotopic (exact) mass is 187 g/mol. The molecule has 4 N–H and O–H groups in total. The van der Waals surface area contributed by atoms with Gasteiger partial charge in [0.05, 0.1) is 0 Å². The van der Waals surface area contributed by atoms with E-state index in [1.54, 1.807) is 0 Å². The van der Waals surface area contributed by atoms with E-state index < -0.39 is 0 Å². The van der Waals surface area contributed by atoms with Gasteiger partial charge in [0.25, 0.3) is 0 Å². The Morgan fingerprint density at radius 2 is 2.08 bits per heavy atom. The first-order chi connectivity index (χ1) is 6.24. The molecule has 1 atom stereocenters. The van der Waals surface area contributed by atoms with Gasteiger partial charge in [-0.15, -0.1) is 0 Å². The molecule has 1 saturated heterocycles. The van der Waals surface area contributed by atoms with Gasteiger partial charge in [0.1, 0.15) is 0 Å². The Kier molecular flexibility index (Phi) is 4.66. The van der Waals surface area contributed by atoms with Crippen LogP contribution < -0.4 is 11.5 Å². The molecule has 1 fully saturated rings. The Morgan fingerprint density at radius 1 is 1.46 bits per heavy atom. The second-order valence-corrected chi connectivity index (χ2v) is 3.78. The van der Waals surface area contributed by atoms with E-state index in [9.17, 15) is 0 Å². The van der Waals surface area contributed by atoms with Crippen LogP contribution in [0.25, 0.3) is 0 Å². The number of nitrogens with zero attached hydrogens (tertiary/aromatic N) is 1. The quantitative estimate of drug-likeness (QED) is 0.616. The predicted octanol–water partition coefficient (Wildman–Crippen LogP) is -0.617. The van der Waals surface area contributed by atoms with Crippen LogP contribution in [-0.4, -0.2) is 50.3 Å². The molecule has 0 spiro atoms. The van der Waals surface area contributed by atoms with Gasteiger partial charge >= 0.3 is 0 Å². The van der Waals surface area contributed by atoms with Crippen LogP contribution in [0.15, 0.2) is 0 Å². The van der Waals surface area contributed by atoms with Crippen molar-refractivity contribution in [1.82, 2.24) is 4.90 Å². The summed E-state index contributed by atoms with van der Waals surface area (Å²) in [5.41, 5.74) is 11.3. The van der Waals surface area contributed by atoms with Gasteiger partial charge in [-0.1, -0.05) is 0 Å². The lowest BCUT2D eigenvalue weighted by Gasteiger charge is -2.32. The lowest BCUT2D eigenvalue weighted by atomic mass is 10.1. The molecule has 0 aromatic heterocycles. The maximum atomic E-state index is 5.78. The van der Waals surface area contributed by atoms with Crippen LogP contribution in [0.2, 0.25) is 0 Å². The zero-order chi connectivity index (χ0) is 9.68. The molecule has 1 aliphatic heterocycles. The number of ether oxygens (including phenoxy) is 1. The summed E-state index contributed by atoms with van der Waals surface area (Å²) in [6.45, 7) is 3.22. The number of rotatable bonds is 4. The molecule has 1 rings (SSSR count). The fraction of sp³-hybridized carbons (Fsp3) is 1.00. The summed E-state index contributed by atoms with van der Waals surface area (Å²) in [6, 6.07) is 0.735. The lowest BCUT2D eigenvalue weighted by molar-refractivity contribution is 0.0416. The molecular formula is C9H21N3O. The average molecular weight is 187 g/mol. The minimum absolute atomic E-state index is 0.104. The summed E-state index contributed by atoms with van der Waals surface area (Å²) < 4.78 is 5.30. The topological polar surface area (TPSA) is 64.5 Å². The summed E-state index contributed by atoms with van der Waals surface area (Å²) >= 11 is 0. The summed E-state index contributed by atoms with van der Waals surface area (Å²) in [5.74, 6) is 0. The van der Waals surface area contributed by atoms with Crippen molar-refractivity contribution < 1.29 is 4.74 Å². The highest BCUT2D eigenvalue weighted by atomic mass is 16.5. The molecule has 0 saturated carbocycles. The van der Waals surface area contributed by atoms with Gasteiger partial charge in [-0.05, 0) is 19.9 Å². The molecular weight excluding hydrogens is 166 g/mol. The van der Waals surface area contributed by atoms with E-state index in [2.05, 4.69) is 11.9 Å². The maximum Gasteiger partial charge on any atom is 0.0480 e.